The number of hydrogen-bond donors (Lipinski definition) is 3. The van der Waals surface area contributed by atoms with Gasteiger partial charge in [0.05, 0.1) is 132 Å². The normalized spacial score (nSPS) is 16.6. The van der Waals surface area contributed by atoms with E-state index in [2.05, 4.69) is 52.9 Å². The van der Waals surface area contributed by atoms with Gasteiger partial charge in [-0.05, 0) is 151 Å². The maximum atomic E-state index is 15.6. The van der Waals surface area contributed by atoms with E-state index in [1.165, 1.54) is 44.1 Å². The number of carbonyl (C=O) groups is 3. The van der Waals surface area contributed by atoms with Gasteiger partial charge in [-0.25, -0.2) is 32.5 Å². The second-order valence-electron chi connectivity index (χ2n) is 35.3. The molecule has 6 atom stereocenters. The van der Waals surface area contributed by atoms with Crippen LogP contribution in [-0.2, 0) is 14.4 Å². The van der Waals surface area contributed by atoms with Crippen LogP contribution in [0.2, 0.25) is 55.2 Å². The molecule has 15 rings (SSSR count). The molecule has 3 aliphatic heterocycles. The van der Waals surface area contributed by atoms with Gasteiger partial charge in [-0.1, -0.05) is 189 Å². The lowest BCUT2D eigenvalue weighted by Crippen LogP contribution is -2.58. The third-order valence-electron chi connectivity index (χ3n) is 25.0. The number of halogens is 15. The van der Waals surface area contributed by atoms with Crippen molar-refractivity contribution in [2.24, 2.45) is 0 Å². The molecule has 3 fully saturated rings. The van der Waals surface area contributed by atoms with Crippen LogP contribution in [0.4, 0.5) is 51.7 Å². The first kappa shape index (κ1) is 106. The minimum atomic E-state index is -1.24. The largest absolute Gasteiger partial charge is 0.397 e. The molecule has 12 aromatic rings. The van der Waals surface area contributed by atoms with E-state index in [-0.39, 0.29) is 217 Å². The van der Waals surface area contributed by atoms with Gasteiger partial charge in [0.1, 0.15) is 71.9 Å². The quantitative estimate of drug-likeness (QED) is 0.0282. The van der Waals surface area contributed by atoms with Crippen LogP contribution in [0.3, 0.4) is 0 Å². The number of nitriles is 3. The number of amides is 3. The smallest absolute Gasteiger partial charge is 0.276 e. The minimum absolute atomic E-state index is 0.00155. The summed E-state index contributed by atoms with van der Waals surface area (Å²) in [6.07, 6.45) is 8.66. The Morgan fingerprint density at radius 2 is 0.624 bits per heavy atom. The van der Waals surface area contributed by atoms with E-state index >= 15 is 8.78 Å². The Morgan fingerprint density at radius 1 is 0.383 bits per heavy atom. The van der Waals surface area contributed by atoms with Gasteiger partial charge in [0.15, 0.2) is 23.3 Å². The number of fused-ring (bicyclic) bond motifs is 3. The number of carbonyl (C=O) groups excluding carboxylic acids is 3. The summed E-state index contributed by atoms with van der Waals surface area (Å²) in [4.78, 5) is 120. The fourth-order valence-corrected chi connectivity index (χ4v) is 21.4. The van der Waals surface area contributed by atoms with Gasteiger partial charge in [0, 0.05) is 116 Å². The summed E-state index contributed by atoms with van der Waals surface area (Å²) in [5, 5.41) is 29.2. The standard InChI is InChI=1S/C33H30Cl5N7O2.2C33H30Cl3F2N7O2/c1-7-21(46)44-16(5)12-43(13-17(44)6)31-18-10-20(34)29(22-23(35)24(36)25(37)26(38)27(22)40)42-32(18)45(33(47)19(31)11-39)30-15(4)8-9-41-28(30)14(2)3;2*1-7-21(46)44-16(5)12-43(13-17(44)6)31-18-10-20(34)29(22-25(37)23(35)26(38)24(36)27(22)40)42-32(18)45(33(47)19(31)11-39)30-15(4)8-9-41-28(30)14(2)3/h3*7-10,14,16-17H,1,12-13,40H2,2-6H3/t3*16-,17+. The Morgan fingerprint density at radius 3 is 0.865 bits per heavy atom. The van der Waals surface area contributed by atoms with Crippen molar-refractivity contribution < 1.29 is 31.9 Å². The van der Waals surface area contributed by atoms with E-state index in [1.807, 2.05) is 105 Å². The minimum Gasteiger partial charge on any atom is -0.397 e. The second-order valence-corrected chi connectivity index (χ2v) is 39.6. The van der Waals surface area contributed by atoms with Crippen LogP contribution in [0.15, 0.2) is 107 Å². The average Bonchev–Trinajstić information content (AvgIpc) is 0.725. The van der Waals surface area contributed by atoms with E-state index in [1.54, 1.807) is 71.4 Å². The second kappa shape index (κ2) is 41.9. The van der Waals surface area contributed by atoms with Crippen LogP contribution < -0.4 is 48.6 Å². The molecule has 27 nitrogen and oxygen atoms in total. The van der Waals surface area contributed by atoms with E-state index < -0.39 is 82.5 Å². The molecule has 0 unspecified atom stereocenters. The first-order valence-corrected chi connectivity index (χ1v) is 48.0. The molecule has 0 radical (unpaired) electrons. The lowest BCUT2D eigenvalue weighted by atomic mass is 10.0. The zero-order chi connectivity index (χ0) is 104. The zero-order valence-electron chi connectivity index (χ0n) is 78.4. The van der Waals surface area contributed by atoms with Gasteiger partial charge in [-0.2, -0.15) is 15.8 Å². The van der Waals surface area contributed by atoms with Crippen LogP contribution in [0, 0.1) is 78.0 Å². The molecular weight excluding hydrogens is 2050 g/mol. The Balaban J connectivity index is 0.000000178. The fourth-order valence-electron chi connectivity index (χ4n) is 18.9. The number of rotatable bonds is 15. The van der Waals surface area contributed by atoms with Crippen LogP contribution >= 0.6 is 128 Å². The summed E-state index contributed by atoms with van der Waals surface area (Å²) in [6.45, 7) is 40.7. The van der Waals surface area contributed by atoms with Gasteiger partial charge in [0.25, 0.3) is 16.7 Å². The van der Waals surface area contributed by atoms with Crippen LogP contribution in [0.25, 0.3) is 83.9 Å². The van der Waals surface area contributed by atoms with Crippen LogP contribution in [0.1, 0.15) is 151 Å². The fraction of sp³-hybridized carbons (Fsp3) is 0.303. The summed E-state index contributed by atoms with van der Waals surface area (Å²) in [6, 6.07) is 14.2. The third kappa shape index (κ3) is 18.7. The first-order chi connectivity index (χ1) is 66.5. The summed E-state index contributed by atoms with van der Waals surface area (Å²) >= 11 is 70.4. The van der Waals surface area contributed by atoms with Gasteiger partial charge >= 0.3 is 0 Å². The lowest BCUT2D eigenvalue weighted by molar-refractivity contribution is -0.131. The van der Waals surface area contributed by atoms with E-state index in [9.17, 15) is 53.3 Å². The molecule has 42 heteroatoms. The van der Waals surface area contributed by atoms with Crippen molar-refractivity contribution in [1.29, 1.82) is 15.8 Å². The molecule has 3 aromatic carbocycles. The Labute approximate surface area is 863 Å². The predicted molar refractivity (Wildman–Crippen MR) is 555 cm³/mol. The molecule has 9 aromatic heterocycles. The number of benzene rings is 3. The van der Waals surface area contributed by atoms with Gasteiger partial charge < -0.3 is 46.6 Å². The lowest BCUT2D eigenvalue weighted by Gasteiger charge is -2.45. The third-order valence-corrected chi connectivity index (χ3v) is 29.0. The van der Waals surface area contributed by atoms with Gasteiger partial charge in [-0.3, -0.25) is 57.4 Å². The highest BCUT2D eigenvalue weighted by molar-refractivity contribution is 6.54. The predicted octanol–water partition coefficient (Wildman–Crippen LogP) is 22.6. The Bertz CT molecular complexity index is 6860. The number of nitrogens with zero attached hydrogens (tertiary/aromatic N) is 18. The molecule has 0 bridgehead atoms. The highest BCUT2D eigenvalue weighted by atomic mass is 35.5. The molecule has 6 N–H and O–H groups in total. The summed E-state index contributed by atoms with van der Waals surface area (Å²) < 4.78 is 64.3. The van der Waals surface area contributed by atoms with Gasteiger partial charge in [-0.15, -0.1) is 0 Å². The maximum Gasteiger partial charge on any atom is 0.276 e. The number of aryl methyl sites for hydroxylation is 3. The molecular formula is C99H90Cl11F4N21O6. The maximum absolute atomic E-state index is 15.6. The van der Waals surface area contributed by atoms with Crippen molar-refractivity contribution in [3.8, 4) is 69.0 Å². The SMILES string of the molecule is C=CC(=O)N1[C@H](C)CN(c2c(C#N)c(=O)n(-c3c(C)ccnc3C(C)C)c3nc(-c4c(N)c(Cl)c(Cl)c(Cl)c4Cl)c(Cl)cc23)C[C@@H]1C.C=CC(=O)N1[C@H](C)CN(c2c(C#N)c(=O)n(-c3c(C)ccnc3C(C)C)c3nc(-c4c(N)c(Cl)c(F)c(Cl)c4F)c(Cl)cc23)C[C@@H]1C.C=CC(=O)N1[C@H](C)CN(c2c(C#N)c(=O)n(-c3c(C)ccnc3C(C)C)c3nc(-c4c(N)c(Cl)c(F)c(Cl)c4F)c(Cl)cc23)C[C@@H]1C. The monoisotopic (exact) mass is 2130 g/mol. The van der Waals surface area contributed by atoms with E-state index in [0.29, 0.717) is 69.4 Å². The van der Waals surface area contributed by atoms with E-state index in [0.717, 1.165) is 5.56 Å². The Kier molecular flexibility index (Phi) is 31.6. The Hall–Kier alpha value is -12.0. The number of nitrogens with two attached hydrogens (primary N) is 3. The summed E-state index contributed by atoms with van der Waals surface area (Å²) in [7, 11) is 0. The number of anilines is 6. The topological polar surface area (TPSA) is 363 Å². The van der Waals surface area contributed by atoms with Crippen molar-refractivity contribution in [3.63, 3.8) is 0 Å². The molecule has 141 heavy (non-hydrogen) atoms. The van der Waals surface area contributed by atoms with E-state index in [4.69, 9.17) is 160 Å². The molecule has 12 heterocycles. The highest BCUT2D eigenvalue weighted by Crippen LogP contribution is 2.52. The summed E-state index contributed by atoms with van der Waals surface area (Å²) in [5.41, 5.74) is 19.9. The van der Waals surface area contributed by atoms with Crippen molar-refractivity contribution in [3.05, 3.63) is 253 Å². The molecule has 0 aliphatic carbocycles. The van der Waals surface area contributed by atoms with Crippen LogP contribution in [-0.4, -0.2) is 152 Å². The molecule has 3 amide bonds. The van der Waals surface area contributed by atoms with Crippen molar-refractivity contribution in [2.45, 2.75) is 158 Å². The number of aromatic nitrogens is 9. The molecule has 3 saturated heterocycles. The number of hydrogen-bond acceptors (Lipinski definition) is 21. The molecule has 0 saturated carbocycles. The van der Waals surface area contributed by atoms with Crippen molar-refractivity contribution in [1.82, 2.24) is 58.3 Å². The van der Waals surface area contributed by atoms with Crippen molar-refractivity contribution in [2.75, 3.05) is 71.2 Å². The first-order valence-electron chi connectivity index (χ1n) is 43.9. The average molecular weight is 2140 g/mol. The zero-order valence-corrected chi connectivity index (χ0v) is 86.7. The number of pyridine rings is 9. The van der Waals surface area contributed by atoms with Gasteiger partial charge in [0.2, 0.25) is 17.7 Å². The molecule has 0 spiro atoms. The number of nitrogen functional groups attached to an aromatic ring is 3. The van der Waals surface area contributed by atoms with Crippen LogP contribution in [0.5, 0.6) is 0 Å². The summed E-state index contributed by atoms with van der Waals surface area (Å²) in [5.74, 6) is -6.09. The number of piperazine rings is 3. The molecule has 732 valence electrons. The van der Waals surface area contributed by atoms with Crippen molar-refractivity contribution >= 4 is 213 Å². The molecule has 3 aliphatic rings. The highest BCUT2D eigenvalue weighted by Gasteiger charge is 2.42.